The number of rotatable bonds is 17. The van der Waals surface area contributed by atoms with Crippen LogP contribution in [0.3, 0.4) is 0 Å². The van der Waals surface area contributed by atoms with Crippen LogP contribution in [0.1, 0.15) is 119 Å². The van der Waals surface area contributed by atoms with Crippen LogP contribution in [0, 0.1) is 68.6 Å². The molecule has 7 aliphatic rings. The van der Waals surface area contributed by atoms with Gasteiger partial charge in [0, 0.05) is 108 Å². The van der Waals surface area contributed by atoms with E-state index in [2.05, 4.69) is 77.1 Å². The minimum absolute atomic E-state index is 0.0473. The quantitative estimate of drug-likeness (QED) is 0.0387. The molecule has 3 fully saturated rings. The van der Waals surface area contributed by atoms with E-state index >= 15 is 0 Å². The third-order valence-corrected chi connectivity index (χ3v) is 21.7. The van der Waals surface area contributed by atoms with Crippen molar-refractivity contribution in [2.75, 3.05) is 99.2 Å². The highest BCUT2D eigenvalue weighted by atomic mass is 19.1. The van der Waals surface area contributed by atoms with Crippen molar-refractivity contribution in [1.82, 2.24) is 85.2 Å². The van der Waals surface area contributed by atoms with Gasteiger partial charge in [-0.25, -0.2) is 56.2 Å². The Bertz CT molecular complexity index is 6390. The van der Waals surface area contributed by atoms with Crippen LogP contribution in [0.15, 0.2) is 146 Å². The number of halogens is 4. The second-order valence-corrected chi connectivity index (χ2v) is 30.0. The number of fused-ring (bicyclic) bond motifs is 4. The summed E-state index contributed by atoms with van der Waals surface area (Å²) in [5.74, 6) is -0.785. The van der Waals surface area contributed by atoms with Crippen LogP contribution < -0.4 is 41.7 Å². The molecule has 3 saturated heterocycles. The normalized spacial score (nSPS) is 16.6. The molecular formula is C87H77F4N25O8. The molecule has 19 rings (SSSR count). The molecule has 124 heavy (non-hydrogen) atoms. The predicted molar refractivity (Wildman–Crippen MR) is 441 cm³/mol. The van der Waals surface area contributed by atoms with Gasteiger partial charge in [-0.1, -0.05) is 24.3 Å². The molecule has 15 heterocycles. The maximum Gasteiger partial charge on any atom is 0.255 e. The van der Waals surface area contributed by atoms with Gasteiger partial charge in [-0.05, 0) is 105 Å². The van der Waals surface area contributed by atoms with Gasteiger partial charge in [-0.3, -0.25) is 24.1 Å². The number of aliphatic hydroxyl groups is 3. The maximum absolute atomic E-state index is 14.7. The Morgan fingerprint density at radius 1 is 0.476 bits per heavy atom. The number of aliphatic hydroxyl groups excluding tert-OH is 2. The molecule has 8 aromatic heterocycles. The second kappa shape index (κ2) is 35.7. The Morgan fingerprint density at radius 3 is 1.19 bits per heavy atom. The summed E-state index contributed by atoms with van der Waals surface area (Å²) >= 11 is 0. The number of nitrogens with zero attached hydrogens (tertiary/aromatic N) is 19. The Morgan fingerprint density at radius 2 is 0.831 bits per heavy atom. The number of hydrogen-bond donors (Lipinski definition) is 9. The van der Waals surface area contributed by atoms with Crippen LogP contribution in [0.5, 0.6) is 0 Å². The third kappa shape index (κ3) is 17.1. The Balaban J connectivity index is 0.000000122. The number of pyridine rings is 4. The van der Waals surface area contributed by atoms with E-state index in [1.807, 2.05) is 59.2 Å². The first-order chi connectivity index (χ1) is 60.2. The number of nitrogens with one attached hydrogen (secondary N) is 6. The Labute approximate surface area is 705 Å². The predicted octanol–water partition coefficient (Wildman–Crippen LogP) is 8.21. The first kappa shape index (κ1) is 82.6. The molecule has 0 saturated carbocycles. The summed E-state index contributed by atoms with van der Waals surface area (Å²) < 4.78 is 70.1. The summed E-state index contributed by atoms with van der Waals surface area (Å²) in [5.41, 5.74) is 6.61. The SMILES string of the molecule is CC1(O)CCCN(c2ccn(-c3cc(-c4c(F)cccc4C#N)nc4c3C(=O)NC4)n2)C1.N#Cc1cccc(F)c1-c1cc(-n2ccc(N3CCCC(O)C3)n2)c2c(n1)CNC2=O.N#Cc1cccc(F)c1-c1cc(-n2ccc(NCCN3CCOCC3)n2)c2c(n1)CNC2=O.N#Cc1cccc(F)c1-c1cc(-n2ccc(NCCO)n2)c2c(n1)CNC2=O. The fraction of sp³-hybridized carbons (Fsp3) is 0.264. The molecule has 2 unspecified atom stereocenters. The van der Waals surface area contributed by atoms with Crippen LogP contribution in [-0.4, -0.2) is 193 Å². The number of amides is 4. The van der Waals surface area contributed by atoms with Crippen molar-refractivity contribution in [3.05, 3.63) is 237 Å². The van der Waals surface area contributed by atoms with Crippen molar-refractivity contribution < 1.29 is 56.8 Å². The minimum atomic E-state index is -0.786. The number of β-amino-alcohol motifs (C(OH)–C–C–N with tert-alkyl or cyclic N) is 2. The highest BCUT2D eigenvalue weighted by molar-refractivity contribution is 6.04. The van der Waals surface area contributed by atoms with Gasteiger partial charge >= 0.3 is 0 Å². The molecule has 0 aliphatic carbocycles. The lowest BCUT2D eigenvalue weighted by Crippen LogP contribution is -2.46. The molecule has 4 aromatic carbocycles. The van der Waals surface area contributed by atoms with Gasteiger partial charge in [-0.15, -0.1) is 0 Å². The van der Waals surface area contributed by atoms with E-state index in [4.69, 9.17) is 9.84 Å². The van der Waals surface area contributed by atoms with Gasteiger partial charge in [0.25, 0.3) is 23.6 Å². The summed E-state index contributed by atoms with van der Waals surface area (Å²) in [6.07, 6.45) is 9.68. The van der Waals surface area contributed by atoms with E-state index in [1.165, 1.54) is 71.4 Å². The highest BCUT2D eigenvalue weighted by Crippen LogP contribution is 2.38. The summed E-state index contributed by atoms with van der Waals surface area (Å²) in [6, 6.07) is 38.6. The second-order valence-electron chi connectivity index (χ2n) is 30.0. The average Bonchev–Trinajstić information content (AvgIpc) is 1.59. The van der Waals surface area contributed by atoms with E-state index in [0.29, 0.717) is 111 Å². The highest BCUT2D eigenvalue weighted by Gasteiger charge is 2.36. The molecule has 0 bridgehead atoms. The number of piperidine rings is 2. The fourth-order valence-electron chi connectivity index (χ4n) is 15.9. The number of ether oxygens (including phenoxy) is 1. The minimum Gasteiger partial charge on any atom is -0.395 e. The first-order valence-corrected chi connectivity index (χ1v) is 39.7. The topological polar surface area (TPSA) is 438 Å². The van der Waals surface area contributed by atoms with Crippen LogP contribution in [0.4, 0.5) is 40.8 Å². The van der Waals surface area contributed by atoms with Gasteiger partial charge in [-0.2, -0.15) is 41.4 Å². The van der Waals surface area contributed by atoms with Gasteiger partial charge < -0.3 is 61.8 Å². The van der Waals surface area contributed by atoms with Gasteiger partial charge in [0.05, 0.1) is 217 Å². The van der Waals surface area contributed by atoms with Crippen molar-refractivity contribution in [3.63, 3.8) is 0 Å². The standard InChI is InChI=1S/C23H22FN7O2.C23H21FN6O2.C22H19FN6O2.C19H15FN6O2/c24-16-3-1-2-15(13-25)21(16)17-12-19(22-18(28-17)14-27-23(22)32)31-6-4-20(29-31)26-5-7-30-8-10-33-11-9-30;1-23(32)7-3-8-29(13-23)19-6-9-30(28-19)18-10-16(27-17-12-26-22(31)21(17)18)20-14(11-25)4-2-5-15(20)24;23-15-5-1-3-13(10-24)20(15)16-9-18(21-17(26-16)11-25-22(21)31)29-8-6-19(27-29)28-7-2-4-14(30)12-28;20-12-3-1-2-11(9-21)17(12)13-8-15(18-14(24-13)10-23-19(18)28)26-6-4-16(25-26)22-5-7-27/h1-4,6,12H,5,7-11,14H2,(H,26,29)(H,27,32);2,4-6,9-10,32H,3,7-8,12-13H2,1H3,(H,26,31);1,3,5-6,8-9,14,30H,2,4,7,11-12H2,(H,25,31);1-4,6,8,27H,5,7,10H2,(H,22,25)(H,23,28). The van der Waals surface area contributed by atoms with Gasteiger partial charge in [0.2, 0.25) is 0 Å². The van der Waals surface area contributed by atoms with E-state index in [0.717, 1.165) is 78.2 Å². The van der Waals surface area contributed by atoms with Crippen molar-refractivity contribution in [2.45, 2.75) is 70.5 Å². The fourth-order valence-corrected chi connectivity index (χ4v) is 15.9. The van der Waals surface area contributed by atoms with Crippen LogP contribution in [-0.2, 0) is 30.9 Å². The van der Waals surface area contributed by atoms with E-state index in [9.17, 15) is 68.0 Å². The molecule has 626 valence electrons. The third-order valence-electron chi connectivity index (χ3n) is 21.7. The number of nitriles is 4. The first-order valence-electron chi connectivity index (χ1n) is 39.7. The number of aromatic nitrogens is 12. The zero-order valence-corrected chi connectivity index (χ0v) is 66.5. The number of carbonyl (C=O) groups excluding carboxylic acids is 4. The van der Waals surface area contributed by atoms with Crippen LogP contribution >= 0.6 is 0 Å². The van der Waals surface area contributed by atoms with Crippen molar-refractivity contribution in [3.8, 4) is 92.1 Å². The summed E-state index contributed by atoms with van der Waals surface area (Å²) in [7, 11) is 0. The summed E-state index contributed by atoms with van der Waals surface area (Å²) in [5, 5.41) is 102. The smallest absolute Gasteiger partial charge is 0.255 e. The molecule has 37 heteroatoms. The van der Waals surface area contributed by atoms with Crippen molar-refractivity contribution >= 4 is 46.9 Å². The molecule has 12 aromatic rings. The maximum atomic E-state index is 14.7. The largest absolute Gasteiger partial charge is 0.395 e. The van der Waals surface area contributed by atoms with Crippen LogP contribution in [0.25, 0.3) is 67.8 Å². The van der Waals surface area contributed by atoms with E-state index in [-0.39, 0.29) is 124 Å². The van der Waals surface area contributed by atoms with E-state index in [1.54, 1.807) is 75.2 Å². The number of benzene rings is 4. The number of morpholine rings is 1. The van der Waals surface area contributed by atoms with Gasteiger partial charge in [0.15, 0.2) is 11.6 Å². The molecule has 33 nitrogen and oxygen atoms in total. The summed E-state index contributed by atoms with van der Waals surface area (Å²) in [4.78, 5) is 74.0. The average molecular weight is 1680 g/mol. The molecule has 9 N–H and O–H groups in total. The van der Waals surface area contributed by atoms with Crippen LogP contribution in [0.2, 0.25) is 0 Å². The number of carbonyl (C=O) groups is 4. The number of hydrogen-bond acceptors (Lipinski definition) is 25. The molecular weight excluding hydrogens is 1600 g/mol. The summed E-state index contributed by atoms with van der Waals surface area (Å²) in [6.45, 7) is 10.4. The molecule has 7 aliphatic heterocycles. The van der Waals surface area contributed by atoms with Gasteiger partial charge in [0.1, 0.15) is 34.9 Å². The Kier molecular flexibility index (Phi) is 23.8. The zero-order valence-electron chi connectivity index (χ0n) is 66.5. The lowest BCUT2D eigenvalue weighted by atomic mass is 9.95. The lowest BCUT2D eigenvalue weighted by molar-refractivity contribution is 0.0398. The molecule has 4 amide bonds. The molecule has 0 radical (unpaired) electrons. The Hall–Kier alpha value is -15.1. The zero-order chi connectivity index (χ0) is 86.5. The molecule has 2 atom stereocenters. The monoisotopic (exact) mass is 1680 g/mol. The van der Waals surface area contributed by atoms with Crippen molar-refractivity contribution in [2.24, 2.45) is 0 Å². The molecule has 0 spiro atoms. The number of anilines is 4. The van der Waals surface area contributed by atoms with Crippen molar-refractivity contribution in [1.29, 1.82) is 21.0 Å². The van der Waals surface area contributed by atoms with E-state index < -0.39 is 35.0 Å². The lowest BCUT2D eigenvalue weighted by Gasteiger charge is -2.36.